The molecule has 1 unspecified atom stereocenters. The van der Waals surface area contributed by atoms with Crippen molar-refractivity contribution in [1.82, 2.24) is 0 Å². The van der Waals surface area contributed by atoms with Gasteiger partial charge in [0.2, 0.25) is 0 Å². The van der Waals surface area contributed by atoms with Crippen LogP contribution in [0.2, 0.25) is 0 Å². The van der Waals surface area contributed by atoms with Crippen LogP contribution in [0, 0.1) is 16.0 Å². The first-order chi connectivity index (χ1) is 8.32. The third-order valence-corrected chi connectivity index (χ3v) is 4.17. The molecule has 1 aromatic rings. The molecule has 0 aliphatic rings. The third kappa shape index (κ3) is 3.46. The number of carbonyl (C=O) groups is 1. The lowest BCUT2D eigenvalue weighted by atomic mass is 10.1. The normalized spacial score (nSPS) is 12.4. The second-order valence-corrected chi connectivity index (χ2v) is 5.73. The van der Waals surface area contributed by atoms with Crippen molar-refractivity contribution < 1.29 is 14.8 Å². The lowest BCUT2D eigenvalue weighted by Gasteiger charge is -2.16. The third-order valence-electron chi connectivity index (χ3n) is 2.66. The fourth-order valence-corrected chi connectivity index (χ4v) is 2.38. The van der Waals surface area contributed by atoms with Gasteiger partial charge in [-0.2, -0.15) is 0 Å². The molecule has 0 aliphatic carbocycles. The van der Waals surface area contributed by atoms with Gasteiger partial charge in [0.1, 0.15) is 0 Å². The molecule has 0 amide bonds. The number of non-ortho nitro benzene ring substituents is 1. The van der Waals surface area contributed by atoms with E-state index < -0.39 is 10.9 Å². The van der Waals surface area contributed by atoms with Gasteiger partial charge in [0.05, 0.1) is 10.5 Å². The molecule has 0 fully saturated rings. The average molecular weight is 269 g/mol. The lowest BCUT2D eigenvalue weighted by Crippen LogP contribution is -2.08. The van der Waals surface area contributed by atoms with E-state index in [2.05, 4.69) is 0 Å². The van der Waals surface area contributed by atoms with Crippen LogP contribution < -0.4 is 0 Å². The van der Waals surface area contributed by atoms with Gasteiger partial charge in [-0.3, -0.25) is 10.1 Å². The van der Waals surface area contributed by atoms with E-state index in [9.17, 15) is 14.9 Å². The molecule has 0 bridgehead atoms. The Bertz CT molecular complexity index is 473. The van der Waals surface area contributed by atoms with Gasteiger partial charge in [0.25, 0.3) is 5.69 Å². The van der Waals surface area contributed by atoms with Crippen LogP contribution in [0.15, 0.2) is 23.1 Å². The highest BCUT2D eigenvalue weighted by molar-refractivity contribution is 8.00. The molecular weight excluding hydrogens is 254 g/mol. The fraction of sp³-hybridized carbons (Fsp3) is 0.417. The van der Waals surface area contributed by atoms with E-state index in [1.807, 2.05) is 20.8 Å². The summed E-state index contributed by atoms with van der Waals surface area (Å²) in [5.41, 5.74) is 0.0246. The standard InChI is InChI=1S/C12H15NO4S/c1-7(2)8(3)18-11-6-9(13(16)17)4-5-10(11)12(14)15/h4-8H,1-3H3,(H,14,15). The van der Waals surface area contributed by atoms with Gasteiger partial charge < -0.3 is 5.11 Å². The molecule has 1 N–H and O–H groups in total. The molecule has 0 aliphatic heterocycles. The molecule has 0 spiro atoms. The molecule has 0 saturated heterocycles. The molecule has 18 heavy (non-hydrogen) atoms. The maximum atomic E-state index is 11.1. The zero-order valence-corrected chi connectivity index (χ0v) is 11.2. The molecule has 5 nitrogen and oxygen atoms in total. The number of carboxylic acid groups (broad SMARTS) is 1. The first-order valence-corrected chi connectivity index (χ1v) is 6.39. The summed E-state index contributed by atoms with van der Waals surface area (Å²) < 4.78 is 0. The number of aromatic carboxylic acids is 1. The fourth-order valence-electron chi connectivity index (χ4n) is 1.24. The Labute approximate surface area is 109 Å². The Morgan fingerprint density at radius 3 is 2.44 bits per heavy atom. The average Bonchev–Trinajstić information content (AvgIpc) is 2.28. The topological polar surface area (TPSA) is 80.4 Å². The van der Waals surface area contributed by atoms with Crippen LogP contribution in [0.3, 0.4) is 0 Å². The summed E-state index contributed by atoms with van der Waals surface area (Å²) in [6.07, 6.45) is 0. The van der Waals surface area contributed by atoms with Gasteiger partial charge >= 0.3 is 5.97 Å². The molecule has 1 atom stereocenters. The number of hydrogen-bond donors (Lipinski definition) is 1. The van der Waals surface area contributed by atoms with E-state index in [1.165, 1.54) is 30.0 Å². The van der Waals surface area contributed by atoms with E-state index >= 15 is 0 Å². The Hall–Kier alpha value is -1.56. The second kappa shape index (κ2) is 5.86. The maximum absolute atomic E-state index is 11.1. The summed E-state index contributed by atoms with van der Waals surface area (Å²) >= 11 is 1.35. The van der Waals surface area contributed by atoms with Gasteiger partial charge in [-0.1, -0.05) is 20.8 Å². The van der Waals surface area contributed by atoms with Crippen LogP contribution in [0.1, 0.15) is 31.1 Å². The number of carboxylic acids is 1. The summed E-state index contributed by atoms with van der Waals surface area (Å²) in [5, 5.41) is 20.0. The van der Waals surface area contributed by atoms with Gasteiger partial charge in [0, 0.05) is 22.3 Å². The van der Waals surface area contributed by atoms with E-state index in [4.69, 9.17) is 5.11 Å². The largest absolute Gasteiger partial charge is 0.478 e. The highest BCUT2D eigenvalue weighted by Crippen LogP contribution is 2.33. The zero-order valence-electron chi connectivity index (χ0n) is 10.4. The Balaban J connectivity index is 3.15. The molecule has 0 saturated carbocycles. The molecule has 0 heterocycles. The summed E-state index contributed by atoms with van der Waals surface area (Å²) in [6.45, 7) is 6.02. The van der Waals surface area contributed by atoms with Crippen molar-refractivity contribution in [2.75, 3.05) is 0 Å². The predicted octanol–water partition coefficient (Wildman–Crippen LogP) is 3.43. The van der Waals surface area contributed by atoms with Crippen molar-refractivity contribution in [2.24, 2.45) is 5.92 Å². The van der Waals surface area contributed by atoms with Crippen molar-refractivity contribution in [3.8, 4) is 0 Å². The van der Waals surface area contributed by atoms with Crippen LogP contribution in [-0.2, 0) is 0 Å². The van der Waals surface area contributed by atoms with Crippen LogP contribution in [0.5, 0.6) is 0 Å². The van der Waals surface area contributed by atoms with Gasteiger partial charge in [0.15, 0.2) is 0 Å². The summed E-state index contributed by atoms with van der Waals surface area (Å²) in [7, 11) is 0. The number of hydrogen-bond acceptors (Lipinski definition) is 4. The Morgan fingerprint density at radius 2 is 2.00 bits per heavy atom. The minimum absolute atomic E-state index is 0.0848. The first-order valence-electron chi connectivity index (χ1n) is 5.51. The molecule has 98 valence electrons. The van der Waals surface area contributed by atoms with Gasteiger partial charge in [-0.15, -0.1) is 11.8 Å². The summed E-state index contributed by atoms with van der Waals surface area (Å²) in [5.74, 6) is -0.709. The van der Waals surface area contributed by atoms with E-state index in [-0.39, 0.29) is 16.5 Å². The minimum Gasteiger partial charge on any atom is -0.478 e. The van der Waals surface area contributed by atoms with E-state index in [0.717, 1.165) is 0 Å². The summed E-state index contributed by atoms with van der Waals surface area (Å²) in [4.78, 5) is 21.7. The van der Waals surface area contributed by atoms with E-state index in [0.29, 0.717) is 10.8 Å². The quantitative estimate of drug-likeness (QED) is 0.503. The van der Waals surface area contributed by atoms with Crippen LogP contribution >= 0.6 is 11.8 Å². The molecule has 6 heteroatoms. The monoisotopic (exact) mass is 269 g/mol. The van der Waals surface area contributed by atoms with Gasteiger partial charge in [-0.25, -0.2) is 4.79 Å². The van der Waals surface area contributed by atoms with Crippen LogP contribution in [-0.4, -0.2) is 21.2 Å². The second-order valence-electron chi connectivity index (χ2n) is 4.31. The van der Waals surface area contributed by atoms with Gasteiger partial charge in [-0.05, 0) is 12.0 Å². The highest BCUT2D eigenvalue weighted by Gasteiger charge is 2.18. The predicted molar refractivity (Wildman–Crippen MR) is 70.2 cm³/mol. The maximum Gasteiger partial charge on any atom is 0.336 e. The number of rotatable bonds is 5. The molecule has 0 aromatic heterocycles. The smallest absolute Gasteiger partial charge is 0.336 e. The number of nitrogens with zero attached hydrogens (tertiary/aromatic N) is 1. The number of benzene rings is 1. The highest BCUT2D eigenvalue weighted by atomic mass is 32.2. The summed E-state index contributed by atoms with van der Waals surface area (Å²) in [6, 6.07) is 3.83. The van der Waals surface area contributed by atoms with Crippen molar-refractivity contribution in [3.63, 3.8) is 0 Å². The number of thioether (sulfide) groups is 1. The zero-order chi connectivity index (χ0) is 13.9. The Morgan fingerprint density at radius 1 is 1.39 bits per heavy atom. The van der Waals surface area contributed by atoms with Crippen molar-refractivity contribution >= 4 is 23.4 Å². The van der Waals surface area contributed by atoms with Crippen molar-refractivity contribution in [2.45, 2.75) is 30.9 Å². The molecule has 0 radical (unpaired) electrons. The van der Waals surface area contributed by atoms with Crippen LogP contribution in [0.25, 0.3) is 0 Å². The van der Waals surface area contributed by atoms with Crippen molar-refractivity contribution in [1.29, 1.82) is 0 Å². The lowest BCUT2D eigenvalue weighted by molar-refractivity contribution is -0.385. The Kier molecular flexibility index (Phi) is 4.72. The van der Waals surface area contributed by atoms with Crippen molar-refractivity contribution in [3.05, 3.63) is 33.9 Å². The minimum atomic E-state index is -1.07. The molecule has 1 rings (SSSR count). The first kappa shape index (κ1) is 14.5. The van der Waals surface area contributed by atoms with Crippen LogP contribution in [0.4, 0.5) is 5.69 Å². The number of nitro benzene ring substituents is 1. The molecular formula is C12H15NO4S. The van der Waals surface area contributed by atoms with E-state index in [1.54, 1.807) is 0 Å². The number of nitro groups is 1. The SMILES string of the molecule is CC(C)C(C)Sc1cc([N+](=O)[O-])ccc1C(=O)O. The molecule has 1 aromatic carbocycles.